The summed E-state index contributed by atoms with van der Waals surface area (Å²) >= 11 is 0. The normalized spacial score (nSPS) is 27.3. The van der Waals surface area contributed by atoms with Crippen molar-refractivity contribution >= 4 is 12.0 Å². The molecule has 0 radical (unpaired) electrons. The fraction of sp³-hybridized carbons (Fsp3) is 0.692. The summed E-state index contributed by atoms with van der Waals surface area (Å²) in [6, 6.07) is 8.53. The summed E-state index contributed by atoms with van der Waals surface area (Å²) < 4.78 is 11.2. The summed E-state index contributed by atoms with van der Waals surface area (Å²) in [6.07, 6.45) is 3.53. The molecule has 1 saturated heterocycles. The number of methoxy groups -OCH3 is 1. The molecule has 6 atom stereocenters. The van der Waals surface area contributed by atoms with Crippen LogP contribution in [0.3, 0.4) is 0 Å². The number of hydrogen-bond donors (Lipinski definition) is 3. The van der Waals surface area contributed by atoms with Crippen LogP contribution in [0.25, 0.3) is 0 Å². The van der Waals surface area contributed by atoms with Crippen molar-refractivity contribution in [2.24, 2.45) is 17.6 Å². The third kappa shape index (κ3) is 6.93. The molecular formula is C26H41N3O5. The molecule has 0 aromatic heterocycles. The van der Waals surface area contributed by atoms with Crippen LogP contribution in [0, 0.1) is 11.8 Å². The molecule has 34 heavy (non-hydrogen) atoms. The second kappa shape index (κ2) is 11.5. The quantitative estimate of drug-likeness (QED) is 0.533. The number of amides is 2. The maximum absolute atomic E-state index is 12.8. The lowest BCUT2D eigenvalue weighted by atomic mass is 9.70. The Morgan fingerprint density at radius 2 is 1.88 bits per heavy atom. The van der Waals surface area contributed by atoms with E-state index in [4.69, 9.17) is 15.2 Å². The van der Waals surface area contributed by atoms with Gasteiger partial charge in [-0.25, -0.2) is 4.79 Å². The van der Waals surface area contributed by atoms with Crippen LogP contribution in [-0.4, -0.2) is 65.7 Å². The van der Waals surface area contributed by atoms with Gasteiger partial charge in [-0.3, -0.25) is 9.69 Å². The first-order valence-electron chi connectivity index (χ1n) is 12.4. The fourth-order valence-corrected chi connectivity index (χ4v) is 5.60. The Labute approximate surface area is 203 Å². The van der Waals surface area contributed by atoms with Gasteiger partial charge in [0.1, 0.15) is 6.23 Å². The number of primary amides is 1. The molecule has 8 heteroatoms. The molecule has 0 spiro atoms. The third-order valence-electron chi connectivity index (χ3n) is 7.04. The van der Waals surface area contributed by atoms with Crippen LogP contribution in [0.5, 0.6) is 0 Å². The van der Waals surface area contributed by atoms with E-state index in [-0.39, 0.29) is 24.6 Å². The summed E-state index contributed by atoms with van der Waals surface area (Å²) in [5, 5.41) is 14.1. The number of hydrogen-bond acceptors (Lipinski definition) is 6. The number of piperidine rings is 1. The van der Waals surface area contributed by atoms with Gasteiger partial charge in [-0.2, -0.15) is 0 Å². The molecular weight excluding hydrogens is 434 g/mol. The van der Waals surface area contributed by atoms with Crippen LogP contribution in [0.4, 0.5) is 4.79 Å². The van der Waals surface area contributed by atoms with E-state index < -0.39 is 29.9 Å². The molecule has 1 aliphatic carbocycles. The van der Waals surface area contributed by atoms with Crippen molar-refractivity contribution in [1.82, 2.24) is 10.2 Å². The molecule has 0 bridgehead atoms. The highest BCUT2D eigenvalue weighted by atomic mass is 16.5. The van der Waals surface area contributed by atoms with Crippen molar-refractivity contribution in [2.45, 2.75) is 89.3 Å². The number of likely N-dealkylation sites (tertiary alicyclic amines) is 1. The van der Waals surface area contributed by atoms with Crippen LogP contribution >= 0.6 is 0 Å². The van der Waals surface area contributed by atoms with Crippen molar-refractivity contribution in [3.63, 3.8) is 0 Å². The molecule has 1 saturated carbocycles. The standard InChI is InChI=1S/C26H41N3O5/c1-26(2,3)34-22-15-18-12-8-9-13-19(18)23(24(27)31)29(22)16-21(30)20(28-25(32)33-4)14-17-10-6-5-7-11-17/h5-7,10-11,18-23,30H,8-9,12-16H2,1-4H3,(H2,27,31)(H,28,32)/t18-,19-,20-,21+,22-,23?/m0/s1. The molecule has 2 amide bonds. The second-order valence-electron chi connectivity index (χ2n) is 10.7. The molecule has 1 unspecified atom stereocenters. The number of carbonyl (C=O) groups is 2. The molecule has 2 fully saturated rings. The smallest absolute Gasteiger partial charge is 0.407 e. The van der Waals surface area contributed by atoms with Crippen molar-refractivity contribution < 1.29 is 24.2 Å². The van der Waals surface area contributed by atoms with E-state index in [1.165, 1.54) is 7.11 Å². The maximum Gasteiger partial charge on any atom is 0.407 e. The number of ether oxygens (including phenoxy) is 2. The number of nitrogens with two attached hydrogens (primary N) is 1. The van der Waals surface area contributed by atoms with Gasteiger partial charge in [0.15, 0.2) is 0 Å². The van der Waals surface area contributed by atoms with Crippen molar-refractivity contribution in [2.75, 3.05) is 13.7 Å². The van der Waals surface area contributed by atoms with Gasteiger partial charge >= 0.3 is 6.09 Å². The number of alkyl carbamates (subject to hydrolysis) is 1. The van der Waals surface area contributed by atoms with Gasteiger partial charge in [0.05, 0.1) is 30.9 Å². The minimum Gasteiger partial charge on any atom is -0.453 e. The van der Waals surface area contributed by atoms with E-state index in [2.05, 4.69) is 5.32 Å². The van der Waals surface area contributed by atoms with Crippen molar-refractivity contribution in [3.05, 3.63) is 35.9 Å². The highest BCUT2D eigenvalue weighted by molar-refractivity contribution is 5.80. The SMILES string of the molecule is COC(=O)N[C@@H](Cc1ccccc1)[C@H](O)CN1C(C(N)=O)[C@H]2CCCC[C@H]2C[C@@H]1OC(C)(C)C. The number of nitrogens with one attached hydrogen (secondary N) is 1. The first kappa shape index (κ1) is 26.4. The van der Waals surface area contributed by atoms with E-state index in [0.29, 0.717) is 12.3 Å². The molecule has 8 nitrogen and oxygen atoms in total. The van der Waals surface area contributed by atoms with E-state index in [1.807, 2.05) is 56.0 Å². The highest BCUT2D eigenvalue weighted by Gasteiger charge is 2.48. The van der Waals surface area contributed by atoms with Crippen LogP contribution in [-0.2, 0) is 20.7 Å². The van der Waals surface area contributed by atoms with Crippen molar-refractivity contribution in [3.8, 4) is 0 Å². The molecule has 1 aliphatic heterocycles. The Kier molecular flexibility index (Phi) is 8.95. The fourth-order valence-electron chi connectivity index (χ4n) is 5.60. The van der Waals surface area contributed by atoms with E-state index in [9.17, 15) is 14.7 Å². The van der Waals surface area contributed by atoms with Crippen molar-refractivity contribution in [1.29, 1.82) is 0 Å². The van der Waals surface area contributed by atoms with Gasteiger partial charge < -0.3 is 25.6 Å². The number of aliphatic hydroxyl groups excluding tert-OH is 1. The lowest BCUT2D eigenvalue weighted by Crippen LogP contribution is -2.64. The number of rotatable bonds is 8. The molecule has 3 rings (SSSR count). The molecule has 190 valence electrons. The Balaban J connectivity index is 1.87. The van der Waals surface area contributed by atoms with Gasteiger partial charge in [0, 0.05) is 6.54 Å². The summed E-state index contributed by atoms with van der Waals surface area (Å²) in [7, 11) is 1.30. The Morgan fingerprint density at radius 3 is 2.50 bits per heavy atom. The predicted molar refractivity (Wildman–Crippen MR) is 130 cm³/mol. The summed E-state index contributed by atoms with van der Waals surface area (Å²) in [5.41, 5.74) is 6.51. The third-order valence-corrected chi connectivity index (χ3v) is 7.04. The summed E-state index contributed by atoms with van der Waals surface area (Å²) in [5.74, 6) is 0.145. The first-order valence-corrected chi connectivity index (χ1v) is 12.4. The number of fused-ring (bicyclic) bond motifs is 1. The molecule has 1 aromatic rings. The lowest BCUT2D eigenvalue weighted by Gasteiger charge is -2.52. The minimum atomic E-state index is -0.965. The summed E-state index contributed by atoms with van der Waals surface area (Å²) in [4.78, 5) is 26.8. The minimum absolute atomic E-state index is 0.152. The average molecular weight is 476 g/mol. The average Bonchev–Trinajstić information content (AvgIpc) is 2.78. The monoisotopic (exact) mass is 475 g/mol. The molecule has 1 heterocycles. The zero-order valence-electron chi connectivity index (χ0n) is 20.9. The number of benzene rings is 1. The number of nitrogens with zero attached hydrogens (tertiary/aromatic N) is 1. The summed E-state index contributed by atoms with van der Waals surface area (Å²) in [6.45, 7) is 6.12. The van der Waals surface area contributed by atoms with Gasteiger partial charge in [-0.05, 0) is 63.9 Å². The van der Waals surface area contributed by atoms with Gasteiger partial charge in [0.25, 0.3) is 0 Å². The Morgan fingerprint density at radius 1 is 1.21 bits per heavy atom. The zero-order chi connectivity index (χ0) is 24.9. The second-order valence-corrected chi connectivity index (χ2v) is 10.7. The van der Waals surface area contributed by atoms with Crippen LogP contribution in [0.1, 0.15) is 58.4 Å². The first-order chi connectivity index (χ1) is 16.1. The number of β-amino-alcohol motifs (C(OH)–C–C–N with tert-alkyl or cyclic N) is 1. The molecule has 4 N–H and O–H groups in total. The van der Waals surface area contributed by atoms with Crippen LogP contribution in [0.2, 0.25) is 0 Å². The largest absolute Gasteiger partial charge is 0.453 e. The van der Waals surface area contributed by atoms with Crippen LogP contribution < -0.4 is 11.1 Å². The number of carbonyl (C=O) groups excluding carboxylic acids is 2. The van der Waals surface area contributed by atoms with E-state index in [0.717, 1.165) is 37.7 Å². The lowest BCUT2D eigenvalue weighted by molar-refractivity contribution is -0.197. The predicted octanol–water partition coefficient (Wildman–Crippen LogP) is 2.82. The topological polar surface area (TPSA) is 114 Å². The molecule has 2 aliphatic rings. The van der Waals surface area contributed by atoms with Gasteiger partial charge in [-0.15, -0.1) is 0 Å². The van der Waals surface area contributed by atoms with Crippen LogP contribution in [0.15, 0.2) is 30.3 Å². The Hall–Kier alpha value is -2.16. The highest BCUT2D eigenvalue weighted by Crippen LogP contribution is 2.43. The zero-order valence-corrected chi connectivity index (χ0v) is 20.9. The Bertz CT molecular complexity index is 812. The maximum atomic E-state index is 12.8. The number of aliphatic hydroxyl groups is 1. The van der Waals surface area contributed by atoms with Gasteiger partial charge in [0.2, 0.25) is 5.91 Å². The van der Waals surface area contributed by atoms with E-state index in [1.54, 1.807) is 0 Å². The van der Waals surface area contributed by atoms with Gasteiger partial charge in [-0.1, -0.05) is 43.2 Å². The molecule has 1 aromatic carbocycles. The van der Waals surface area contributed by atoms with E-state index >= 15 is 0 Å².